The van der Waals surface area contributed by atoms with Crippen molar-refractivity contribution in [3.63, 3.8) is 0 Å². The first-order chi connectivity index (χ1) is 16.0. The third kappa shape index (κ3) is 4.35. The van der Waals surface area contributed by atoms with Crippen LogP contribution in [-0.4, -0.2) is 22.4 Å². The van der Waals surface area contributed by atoms with Crippen molar-refractivity contribution >= 4 is 28.8 Å². The lowest BCUT2D eigenvalue weighted by Crippen LogP contribution is -2.31. The molecule has 0 atom stereocenters. The molecule has 4 rings (SSSR count). The van der Waals surface area contributed by atoms with Crippen molar-refractivity contribution in [1.82, 2.24) is 9.55 Å². The number of Topliss-reactive ketones (excluding diaryl/α,β-unsaturated/α-hetero) is 1. The largest absolute Gasteiger partial charge is 0.497 e. The highest BCUT2D eigenvalue weighted by molar-refractivity contribution is 7.07. The minimum absolute atomic E-state index is 0.100. The molecule has 0 fully saturated rings. The maximum atomic E-state index is 14.3. The Morgan fingerprint density at radius 2 is 1.85 bits per heavy atom. The van der Waals surface area contributed by atoms with E-state index in [-0.39, 0.29) is 20.3 Å². The zero-order valence-electron chi connectivity index (χ0n) is 17.4. The number of thiazole rings is 1. The maximum Gasteiger partial charge on any atom is 0.273 e. The van der Waals surface area contributed by atoms with Gasteiger partial charge in [0.1, 0.15) is 27.9 Å². The fourth-order valence-electron chi connectivity index (χ4n) is 3.19. The Balaban J connectivity index is 2.05. The molecule has 2 aromatic carbocycles. The van der Waals surface area contributed by atoms with E-state index in [1.54, 1.807) is 54.7 Å². The molecule has 8 heteroatoms. The number of aromatic nitrogens is 2. The molecule has 0 radical (unpaired) electrons. The van der Waals surface area contributed by atoms with Gasteiger partial charge in [0, 0.05) is 6.20 Å². The number of nitriles is 1. The summed E-state index contributed by atoms with van der Waals surface area (Å²) in [4.78, 5) is 30.7. The van der Waals surface area contributed by atoms with Gasteiger partial charge in [0.05, 0.1) is 28.6 Å². The Hall–Kier alpha value is -4.35. The predicted molar refractivity (Wildman–Crippen MR) is 123 cm³/mol. The van der Waals surface area contributed by atoms with E-state index < -0.39 is 17.2 Å². The van der Waals surface area contributed by atoms with Crippen LogP contribution in [-0.2, 0) is 0 Å². The van der Waals surface area contributed by atoms with Crippen LogP contribution in [0.15, 0.2) is 77.7 Å². The number of ketones is 1. The Morgan fingerprint density at radius 1 is 1.12 bits per heavy atom. The lowest BCUT2D eigenvalue weighted by atomic mass is 10.0. The highest BCUT2D eigenvalue weighted by Crippen LogP contribution is 2.15. The average molecular weight is 457 g/mol. The van der Waals surface area contributed by atoms with E-state index in [1.807, 2.05) is 6.07 Å². The number of rotatable bonds is 5. The van der Waals surface area contributed by atoms with Crippen molar-refractivity contribution in [3.05, 3.63) is 110 Å². The summed E-state index contributed by atoms with van der Waals surface area (Å²) in [6, 6.07) is 19.2. The van der Waals surface area contributed by atoms with Gasteiger partial charge in [-0.1, -0.05) is 18.2 Å². The van der Waals surface area contributed by atoms with Crippen LogP contribution in [0.5, 0.6) is 5.75 Å². The van der Waals surface area contributed by atoms with Crippen LogP contribution in [0.4, 0.5) is 4.39 Å². The number of ether oxygens (including phenoxy) is 1. The van der Waals surface area contributed by atoms with E-state index in [0.717, 1.165) is 17.4 Å². The molecule has 0 N–H and O–H groups in total. The number of hydrogen-bond acceptors (Lipinski definition) is 6. The smallest absolute Gasteiger partial charge is 0.273 e. The van der Waals surface area contributed by atoms with Gasteiger partial charge in [-0.25, -0.2) is 4.39 Å². The molecule has 0 aliphatic rings. The van der Waals surface area contributed by atoms with E-state index in [1.165, 1.54) is 29.9 Å². The number of halogens is 1. The molecule has 0 saturated carbocycles. The Labute approximate surface area is 191 Å². The number of benzene rings is 2. The molecule has 0 spiro atoms. The molecule has 0 aliphatic carbocycles. The summed E-state index contributed by atoms with van der Waals surface area (Å²) in [6.45, 7) is 0. The third-order valence-electron chi connectivity index (χ3n) is 4.79. The third-order valence-corrected chi connectivity index (χ3v) is 5.88. The summed E-state index contributed by atoms with van der Waals surface area (Å²) in [7, 11) is 1.52. The Bertz CT molecular complexity index is 1550. The van der Waals surface area contributed by atoms with Gasteiger partial charge in [-0.05, 0) is 54.6 Å². The summed E-state index contributed by atoms with van der Waals surface area (Å²) >= 11 is 0.968. The molecule has 0 bridgehead atoms. The fraction of sp³-hybridized carbons (Fsp3) is 0.0400. The highest BCUT2D eigenvalue weighted by atomic mass is 32.1. The highest BCUT2D eigenvalue weighted by Gasteiger charge is 2.21. The molecule has 6 nitrogen and oxygen atoms in total. The van der Waals surface area contributed by atoms with Crippen molar-refractivity contribution in [3.8, 4) is 17.5 Å². The molecule has 0 unspecified atom stereocenters. The molecule has 33 heavy (non-hydrogen) atoms. The molecule has 0 aliphatic heterocycles. The number of carbonyl (C=O) groups excluding carboxylic acids is 1. The van der Waals surface area contributed by atoms with Crippen LogP contribution in [0.25, 0.3) is 17.3 Å². The summed E-state index contributed by atoms with van der Waals surface area (Å²) in [6.07, 6.45) is 3.18. The van der Waals surface area contributed by atoms with Gasteiger partial charge in [0.25, 0.3) is 5.56 Å². The van der Waals surface area contributed by atoms with E-state index in [9.17, 15) is 19.2 Å². The monoisotopic (exact) mass is 457 g/mol. The van der Waals surface area contributed by atoms with Crippen molar-refractivity contribution in [2.24, 2.45) is 0 Å². The van der Waals surface area contributed by atoms with Gasteiger partial charge >= 0.3 is 0 Å². The summed E-state index contributed by atoms with van der Waals surface area (Å²) < 4.78 is 21.1. The van der Waals surface area contributed by atoms with E-state index in [0.29, 0.717) is 17.1 Å². The maximum absolute atomic E-state index is 14.3. The van der Waals surface area contributed by atoms with Gasteiger partial charge in [0.2, 0.25) is 5.78 Å². The van der Waals surface area contributed by atoms with E-state index in [2.05, 4.69) is 4.98 Å². The summed E-state index contributed by atoms with van der Waals surface area (Å²) in [5, 5.41) is 9.86. The molecule has 2 heterocycles. The summed E-state index contributed by atoms with van der Waals surface area (Å²) in [5.41, 5.74) is -0.0324. The number of methoxy groups -OCH3 is 1. The second-order valence-corrected chi connectivity index (χ2v) is 7.84. The molecule has 2 aromatic heterocycles. The number of hydrogen-bond donors (Lipinski definition) is 0. The first-order valence-corrected chi connectivity index (χ1v) is 10.6. The van der Waals surface area contributed by atoms with Gasteiger partial charge < -0.3 is 4.74 Å². The standard InChI is InChI=1S/C25H16FN3O3S/c1-32-18-11-9-17(10-12-18)29-24(31)22(14-16-6-4-5-13-28-16)33-25(29)20(15-27)23(30)19-7-2-3-8-21(19)26/h2-14H,1H3/b22-14+,25-20-. The first-order valence-electron chi connectivity index (χ1n) is 9.76. The van der Waals surface area contributed by atoms with Gasteiger partial charge in [-0.3, -0.25) is 19.1 Å². The van der Waals surface area contributed by atoms with Gasteiger partial charge in [-0.15, -0.1) is 11.3 Å². The minimum Gasteiger partial charge on any atom is -0.497 e. The molecule has 0 saturated heterocycles. The van der Waals surface area contributed by atoms with Crippen LogP contribution in [0, 0.1) is 17.1 Å². The van der Waals surface area contributed by atoms with Gasteiger partial charge in [0.15, 0.2) is 0 Å². The van der Waals surface area contributed by atoms with Crippen LogP contribution >= 0.6 is 11.3 Å². The fourth-order valence-corrected chi connectivity index (χ4v) is 4.27. The second kappa shape index (κ2) is 9.42. The van der Waals surface area contributed by atoms with Gasteiger partial charge in [-0.2, -0.15) is 5.26 Å². The number of pyridine rings is 1. The van der Waals surface area contributed by atoms with Crippen LogP contribution in [0.3, 0.4) is 0 Å². The van der Waals surface area contributed by atoms with Crippen molar-refractivity contribution in [2.45, 2.75) is 0 Å². The lowest BCUT2D eigenvalue weighted by molar-refractivity contribution is 0.105. The zero-order chi connectivity index (χ0) is 23.4. The normalized spacial score (nSPS) is 12.2. The minimum atomic E-state index is -0.802. The topological polar surface area (TPSA) is 85.0 Å². The Morgan fingerprint density at radius 3 is 2.48 bits per heavy atom. The van der Waals surface area contributed by atoms with Crippen molar-refractivity contribution < 1.29 is 13.9 Å². The van der Waals surface area contributed by atoms with Crippen molar-refractivity contribution in [2.75, 3.05) is 7.11 Å². The van der Waals surface area contributed by atoms with Crippen molar-refractivity contribution in [1.29, 1.82) is 5.26 Å². The average Bonchev–Trinajstić information content (AvgIpc) is 3.15. The predicted octanol–water partition coefficient (Wildman–Crippen LogP) is 2.83. The molecular weight excluding hydrogens is 441 g/mol. The molecular formula is C25H16FN3O3S. The van der Waals surface area contributed by atoms with Crippen LogP contribution < -0.4 is 19.5 Å². The second-order valence-electron chi connectivity index (χ2n) is 6.80. The first kappa shape index (κ1) is 21.9. The van der Waals surface area contributed by atoms with Crippen LogP contribution in [0.1, 0.15) is 16.1 Å². The number of nitrogens with zero attached hydrogens (tertiary/aromatic N) is 3. The van der Waals surface area contributed by atoms with E-state index >= 15 is 0 Å². The lowest BCUT2D eigenvalue weighted by Gasteiger charge is -2.06. The summed E-state index contributed by atoms with van der Waals surface area (Å²) in [5.74, 6) is -0.968. The number of carbonyl (C=O) groups is 1. The molecule has 0 amide bonds. The Kier molecular flexibility index (Phi) is 6.24. The van der Waals surface area contributed by atoms with E-state index in [4.69, 9.17) is 4.74 Å². The van der Waals surface area contributed by atoms with Crippen LogP contribution in [0.2, 0.25) is 0 Å². The quantitative estimate of drug-likeness (QED) is 0.430. The SMILES string of the molecule is COc1ccc(-n2c(=O)/c(=C\c3ccccn3)s/c2=C(/C#N)C(=O)c2ccccc2F)cc1. The molecule has 162 valence electrons. The zero-order valence-corrected chi connectivity index (χ0v) is 18.2. The molecule has 4 aromatic rings.